The summed E-state index contributed by atoms with van der Waals surface area (Å²) in [5.41, 5.74) is 3.20. The highest BCUT2D eigenvalue weighted by Crippen LogP contribution is 2.28. The molecule has 2 aromatic heterocycles. The molecule has 1 N–H and O–H groups in total. The highest BCUT2D eigenvalue weighted by atomic mass is 15.4. The minimum atomic E-state index is 0.352. The number of nitrogens with one attached hydrogen (secondary N) is 1. The predicted octanol–water partition coefficient (Wildman–Crippen LogP) is 5.81. The van der Waals surface area contributed by atoms with Crippen LogP contribution in [0, 0.1) is 0 Å². The molecule has 4 rings (SSSR count). The first-order chi connectivity index (χ1) is 13.5. The zero-order chi connectivity index (χ0) is 19.7. The minimum absolute atomic E-state index is 0.352. The second-order valence-electron chi connectivity index (χ2n) is 8.58. The van der Waals surface area contributed by atoms with Crippen LogP contribution in [0.1, 0.15) is 83.0 Å². The zero-order valence-electron chi connectivity index (χ0n) is 17.4. The molecule has 1 saturated carbocycles. The molecule has 148 valence electrons. The van der Waals surface area contributed by atoms with Crippen molar-refractivity contribution < 1.29 is 0 Å². The average Bonchev–Trinajstić information content (AvgIpc) is 3.15. The first-order valence-electron chi connectivity index (χ1n) is 10.7. The Labute approximate surface area is 167 Å². The number of aromatic nitrogens is 4. The molecule has 3 aromatic rings. The molecule has 1 aromatic carbocycles. The Kier molecular flexibility index (Phi) is 5.33. The van der Waals surface area contributed by atoms with Gasteiger partial charge in [-0.25, -0.2) is 9.67 Å². The summed E-state index contributed by atoms with van der Waals surface area (Å²) in [6.45, 7) is 8.74. The van der Waals surface area contributed by atoms with Crippen molar-refractivity contribution >= 4 is 16.7 Å². The SMILES string of the molecule is CC(C)c1cc(C(C)C)n(-c2nc(NC3CCCCC3)c3ccccc3n2)n1. The van der Waals surface area contributed by atoms with E-state index < -0.39 is 0 Å². The van der Waals surface area contributed by atoms with Gasteiger partial charge >= 0.3 is 0 Å². The van der Waals surface area contributed by atoms with Gasteiger partial charge < -0.3 is 5.32 Å². The van der Waals surface area contributed by atoms with E-state index >= 15 is 0 Å². The lowest BCUT2D eigenvalue weighted by Gasteiger charge is -2.24. The van der Waals surface area contributed by atoms with Crippen molar-refractivity contribution in [2.75, 3.05) is 5.32 Å². The maximum atomic E-state index is 4.96. The number of anilines is 1. The normalized spacial score (nSPS) is 15.6. The van der Waals surface area contributed by atoms with Crippen LogP contribution in [0.15, 0.2) is 30.3 Å². The quantitative estimate of drug-likeness (QED) is 0.610. The van der Waals surface area contributed by atoms with Crippen LogP contribution >= 0.6 is 0 Å². The van der Waals surface area contributed by atoms with Gasteiger partial charge in [-0.3, -0.25) is 0 Å². The molecule has 0 unspecified atom stereocenters. The lowest BCUT2D eigenvalue weighted by molar-refractivity contribution is 0.462. The molecule has 1 aliphatic rings. The molecule has 0 saturated heterocycles. The van der Waals surface area contributed by atoms with E-state index in [1.807, 2.05) is 10.7 Å². The molecule has 1 fully saturated rings. The van der Waals surface area contributed by atoms with Gasteiger partial charge in [0.1, 0.15) is 5.82 Å². The van der Waals surface area contributed by atoms with Gasteiger partial charge in [-0.05, 0) is 42.9 Å². The van der Waals surface area contributed by atoms with E-state index in [1.165, 1.54) is 32.1 Å². The maximum absolute atomic E-state index is 4.96. The fourth-order valence-electron chi connectivity index (χ4n) is 3.98. The van der Waals surface area contributed by atoms with E-state index in [0.717, 1.165) is 28.1 Å². The van der Waals surface area contributed by atoms with Gasteiger partial charge in [0.2, 0.25) is 0 Å². The van der Waals surface area contributed by atoms with Gasteiger partial charge in [0.15, 0.2) is 0 Å². The number of fused-ring (bicyclic) bond motifs is 1. The van der Waals surface area contributed by atoms with E-state index in [0.29, 0.717) is 23.8 Å². The van der Waals surface area contributed by atoms with Crippen LogP contribution < -0.4 is 5.32 Å². The molecule has 0 atom stereocenters. The Morgan fingerprint density at radius 2 is 1.71 bits per heavy atom. The molecule has 5 heteroatoms. The summed E-state index contributed by atoms with van der Waals surface area (Å²) in [7, 11) is 0. The summed E-state index contributed by atoms with van der Waals surface area (Å²) in [5, 5.41) is 9.66. The summed E-state index contributed by atoms with van der Waals surface area (Å²) in [5.74, 6) is 2.32. The zero-order valence-corrected chi connectivity index (χ0v) is 17.4. The highest BCUT2D eigenvalue weighted by Gasteiger charge is 2.20. The Bertz CT molecular complexity index is 951. The number of hydrogen-bond donors (Lipinski definition) is 1. The molecule has 28 heavy (non-hydrogen) atoms. The van der Waals surface area contributed by atoms with E-state index in [2.05, 4.69) is 57.3 Å². The third-order valence-electron chi connectivity index (χ3n) is 5.67. The van der Waals surface area contributed by atoms with Crippen molar-refractivity contribution in [3.63, 3.8) is 0 Å². The lowest BCUT2D eigenvalue weighted by atomic mass is 9.95. The fourth-order valence-corrected chi connectivity index (χ4v) is 3.98. The van der Waals surface area contributed by atoms with Gasteiger partial charge in [0.25, 0.3) is 5.95 Å². The van der Waals surface area contributed by atoms with E-state index in [-0.39, 0.29) is 0 Å². The summed E-state index contributed by atoms with van der Waals surface area (Å²) in [4.78, 5) is 9.82. The summed E-state index contributed by atoms with van der Waals surface area (Å²) < 4.78 is 1.94. The lowest BCUT2D eigenvalue weighted by Crippen LogP contribution is -2.23. The van der Waals surface area contributed by atoms with Crippen LogP contribution in [0.5, 0.6) is 0 Å². The Hall–Kier alpha value is -2.43. The Balaban J connectivity index is 1.82. The third-order valence-corrected chi connectivity index (χ3v) is 5.67. The molecular formula is C23H31N5. The Morgan fingerprint density at radius 3 is 2.43 bits per heavy atom. The maximum Gasteiger partial charge on any atom is 0.253 e. The van der Waals surface area contributed by atoms with Gasteiger partial charge in [-0.2, -0.15) is 10.1 Å². The van der Waals surface area contributed by atoms with Gasteiger partial charge in [-0.1, -0.05) is 59.1 Å². The predicted molar refractivity (Wildman–Crippen MR) is 115 cm³/mol. The summed E-state index contributed by atoms with van der Waals surface area (Å²) in [6, 6.07) is 11.0. The largest absolute Gasteiger partial charge is 0.367 e. The van der Waals surface area contributed by atoms with Gasteiger partial charge in [-0.15, -0.1) is 0 Å². The topological polar surface area (TPSA) is 55.6 Å². The van der Waals surface area contributed by atoms with Crippen molar-refractivity contribution in [2.24, 2.45) is 0 Å². The molecule has 0 radical (unpaired) electrons. The summed E-state index contributed by atoms with van der Waals surface area (Å²) >= 11 is 0. The van der Waals surface area contributed by atoms with E-state index in [9.17, 15) is 0 Å². The van der Waals surface area contributed by atoms with Crippen molar-refractivity contribution in [2.45, 2.75) is 77.7 Å². The molecule has 1 aliphatic carbocycles. The molecule has 0 amide bonds. The average molecular weight is 378 g/mol. The number of nitrogens with zero attached hydrogens (tertiary/aromatic N) is 4. The van der Waals surface area contributed by atoms with Crippen LogP contribution in [-0.4, -0.2) is 25.8 Å². The molecule has 0 bridgehead atoms. The van der Waals surface area contributed by atoms with Crippen LogP contribution in [0.3, 0.4) is 0 Å². The van der Waals surface area contributed by atoms with Crippen molar-refractivity contribution in [1.82, 2.24) is 19.7 Å². The second-order valence-corrected chi connectivity index (χ2v) is 8.58. The molecule has 2 heterocycles. The monoisotopic (exact) mass is 377 g/mol. The van der Waals surface area contributed by atoms with Gasteiger partial charge in [0, 0.05) is 11.4 Å². The summed E-state index contributed by atoms with van der Waals surface area (Å²) in [6.07, 6.45) is 6.36. The van der Waals surface area contributed by atoms with E-state index in [4.69, 9.17) is 15.1 Å². The van der Waals surface area contributed by atoms with Crippen molar-refractivity contribution in [3.05, 3.63) is 41.7 Å². The van der Waals surface area contributed by atoms with Crippen molar-refractivity contribution in [1.29, 1.82) is 0 Å². The Morgan fingerprint density at radius 1 is 0.964 bits per heavy atom. The molecule has 0 spiro atoms. The third kappa shape index (κ3) is 3.75. The van der Waals surface area contributed by atoms with Crippen LogP contribution in [0.4, 0.5) is 5.82 Å². The van der Waals surface area contributed by atoms with Crippen LogP contribution in [0.2, 0.25) is 0 Å². The van der Waals surface area contributed by atoms with Crippen molar-refractivity contribution in [3.8, 4) is 5.95 Å². The number of hydrogen-bond acceptors (Lipinski definition) is 4. The molecular weight excluding hydrogens is 346 g/mol. The molecule has 5 nitrogen and oxygen atoms in total. The second kappa shape index (κ2) is 7.90. The number of rotatable bonds is 5. The number of benzene rings is 1. The molecule has 0 aliphatic heterocycles. The standard InChI is InChI=1S/C23H31N5/c1-15(2)20-14-21(16(3)4)28(27-20)23-25-19-13-9-8-12-18(19)22(26-23)24-17-10-6-5-7-11-17/h8-9,12-17H,5-7,10-11H2,1-4H3,(H,24,25,26). The number of para-hydroxylation sites is 1. The highest BCUT2D eigenvalue weighted by molar-refractivity contribution is 5.89. The minimum Gasteiger partial charge on any atom is -0.367 e. The first-order valence-corrected chi connectivity index (χ1v) is 10.7. The van der Waals surface area contributed by atoms with Gasteiger partial charge in [0.05, 0.1) is 16.9 Å². The van der Waals surface area contributed by atoms with Crippen LogP contribution in [-0.2, 0) is 0 Å². The van der Waals surface area contributed by atoms with Crippen LogP contribution in [0.25, 0.3) is 16.9 Å². The first kappa shape index (κ1) is 18.9. The van der Waals surface area contributed by atoms with E-state index in [1.54, 1.807) is 0 Å². The smallest absolute Gasteiger partial charge is 0.253 e. The fraction of sp³-hybridized carbons (Fsp3) is 0.522.